The number of fused-ring (bicyclic) bond motifs is 1. The Kier molecular flexibility index (Phi) is 3.40. The molecular weight excluding hydrogens is 270 g/mol. The van der Waals surface area contributed by atoms with Gasteiger partial charge in [0.1, 0.15) is 10.5 Å². The Bertz CT molecular complexity index is 730. The van der Waals surface area contributed by atoms with Gasteiger partial charge in [0.25, 0.3) is 0 Å². The fourth-order valence-corrected chi connectivity index (χ4v) is 2.97. The van der Waals surface area contributed by atoms with Crippen molar-refractivity contribution in [2.24, 2.45) is 0 Å². The zero-order chi connectivity index (χ0) is 14.1. The first-order valence-corrected chi connectivity index (χ1v) is 7.51. The largest absolute Gasteiger partial charge is 0.359 e. The Morgan fingerprint density at radius 2 is 2.25 bits per heavy atom. The summed E-state index contributed by atoms with van der Waals surface area (Å²) in [5.41, 5.74) is 1.97. The van der Waals surface area contributed by atoms with Crippen molar-refractivity contribution < 1.29 is 0 Å². The smallest absolute Gasteiger partial charge is 0.152 e. The number of hydrogen-bond donors (Lipinski definition) is 1. The first kappa shape index (κ1) is 13.1. The van der Waals surface area contributed by atoms with Gasteiger partial charge in [-0.1, -0.05) is 6.92 Å². The van der Waals surface area contributed by atoms with Gasteiger partial charge >= 0.3 is 0 Å². The summed E-state index contributed by atoms with van der Waals surface area (Å²) < 4.78 is 1.84. The lowest BCUT2D eigenvalue weighted by atomic mass is 10.3. The quantitative estimate of drug-likeness (QED) is 0.800. The number of rotatable bonds is 4. The summed E-state index contributed by atoms with van der Waals surface area (Å²) in [6.45, 7) is 6.23. The Hall–Kier alpha value is -1.95. The van der Waals surface area contributed by atoms with Crippen LogP contribution in [0.1, 0.15) is 35.5 Å². The molecule has 0 aromatic carbocycles. The number of nitrogens with zero attached hydrogens (tertiary/aromatic N) is 4. The zero-order valence-electron chi connectivity index (χ0n) is 11.8. The minimum Gasteiger partial charge on any atom is -0.359 e. The number of aromatic nitrogens is 4. The van der Waals surface area contributed by atoms with Crippen LogP contribution >= 0.6 is 11.3 Å². The van der Waals surface area contributed by atoms with E-state index in [1.54, 1.807) is 17.5 Å². The SMILES string of the molecule is CCc1cnc(C(C)Nc2nccn3nc(C)cc23)s1. The number of thiazole rings is 1. The van der Waals surface area contributed by atoms with Crippen molar-refractivity contribution in [3.05, 3.63) is 40.2 Å². The lowest BCUT2D eigenvalue weighted by Crippen LogP contribution is -2.08. The molecule has 0 aliphatic heterocycles. The van der Waals surface area contributed by atoms with E-state index >= 15 is 0 Å². The monoisotopic (exact) mass is 287 g/mol. The lowest BCUT2D eigenvalue weighted by molar-refractivity contribution is 0.853. The van der Waals surface area contributed by atoms with Gasteiger partial charge in [0.05, 0.1) is 11.7 Å². The van der Waals surface area contributed by atoms with Crippen molar-refractivity contribution in [1.82, 2.24) is 19.6 Å². The zero-order valence-corrected chi connectivity index (χ0v) is 12.6. The van der Waals surface area contributed by atoms with Gasteiger partial charge in [0.15, 0.2) is 5.82 Å². The van der Waals surface area contributed by atoms with E-state index in [9.17, 15) is 0 Å². The Morgan fingerprint density at radius 3 is 3.00 bits per heavy atom. The fraction of sp³-hybridized carbons (Fsp3) is 0.357. The molecule has 20 heavy (non-hydrogen) atoms. The van der Waals surface area contributed by atoms with Gasteiger partial charge in [0.2, 0.25) is 0 Å². The molecule has 0 fully saturated rings. The summed E-state index contributed by atoms with van der Waals surface area (Å²) in [6, 6.07) is 2.16. The maximum absolute atomic E-state index is 4.47. The molecule has 0 bridgehead atoms. The average Bonchev–Trinajstić information content (AvgIpc) is 3.04. The summed E-state index contributed by atoms with van der Waals surface area (Å²) in [7, 11) is 0. The molecular formula is C14H17N5S. The fourth-order valence-electron chi connectivity index (χ4n) is 2.11. The van der Waals surface area contributed by atoms with Crippen molar-refractivity contribution in [2.45, 2.75) is 33.2 Å². The number of hydrogen-bond acceptors (Lipinski definition) is 5. The summed E-state index contributed by atoms with van der Waals surface area (Å²) in [5, 5.41) is 8.91. The minimum atomic E-state index is 0.134. The van der Waals surface area contributed by atoms with Gasteiger partial charge in [0, 0.05) is 23.5 Å². The molecule has 104 valence electrons. The van der Waals surface area contributed by atoms with Crippen molar-refractivity contribution in [1.29, 1.82) is 0 Å². The topological polar surface area (TPSA) is 55.1 Å². The van der Waals surface area contributed by atoms with Crippen LogP contribution in [0, 0.1) is 6.92 Å². The van der Waals surface area contributed by atoms with Crippen molar-refractivity contribution in [3.8, 4) is 0 Å². The highest BCUT2D eigenvalue weighted by Crippen LogP contribution is 2.25. The molecule has 0 aliphatic rings. The van der Waals surface area contributed by atoms with Crippen LogP contribution in [0.4, 0.5) is 5.82 Å². The molecule has 0 radical (unpaired) electrons. The Balaban J connectivity index is 1.88. The molecule has 0 amide bonds. The molecule has 1 N–H and O–H groups in total. The van der Waals surface area contributed by atoms with Gasteiger partial charge in [-0.25, -0.2) is 14.5 Å². The third-order valence-electron chi connectivity index (χ3n) is 3.16. The summed E-state index contributed by atoms with van der Waals surface area (Å²) >= 11 is 1.75. The highest BCUT2D eigenvalue weighted by atomic mass is 32.1. The van der Waals surface area contributed by atoms with Gasteiger partial charge in [-0.2, -0.15) is 5.10 Å². The third kappa shape index (κ3) is 2.38. The van der Waals surface area contributed by atoms with Crippen molar-refractivity contribution in [2.75, 3.05) is 5.32 Å². The maximum Gasteiger partial charge on any atom is 0.152 e. The molecule has 1 atom stereocenters. The van der Waals surface area contributed by atoms with E-state index in [1.165, 1.54) is 4.88 Å². The van der Waals surface area contributed by atoms with Gasteiger partial charge in [-0.3, -0.25) is 0 Å². The molecule has 6 heteroatoms. The van der Waals surface area contributed by atoms with Crippen LogP contribution < -0.4 is 5.32 Å². The van der Waals surface area contributed by atoms with Gasteiger partial charge in [-0.05, 0) is 26.3 Å². The second-order valence-corrected chi connectivity index (χ2v) is 5.92. The molecule has 0 spiro atoms. The molecule has 3 rings (SSSR count). The summed E-state index contributed by atoms with van der Waals surface area (Å²) in [4.78, 5) is 10.2. The molecule has 3 aromatic rings. The highest BCUT2D eigenvalue weighted by molar-refractivity contribution is 7.11. The van der Waals surface area contributed by atoms with Crippen LogP contribution in [0.5, 0.6) is 0 Å². The standard InChI is InChI=1S/C14H17N5S/c1-4-11-8-16-14(20-11)10(3)17-13-12-7-9(2)18-19(12)6-5-15-13/h5-8,10H,4H2,1-3H3,(H,15,17). The highest BCUT2D eigenvalue weighted by Gasteiger charge is 2.13. The van der Waals surface area contributed by atoms with Crippen LogP contribution in [0.3, 0.4) is 0 Å². The third-order valence-corrected chi connectivity index (χ3v) is 4.48. The van der Waals surface area contributed by atoms with Crippen LogP contribution in [0.15, 0.2) is 24.7 Å². The van der Waals surface area contributed by atoms with Crippen LogP contribution in [-0.4, -0.2) is 19.6 Å². The van der Waals surface area contributed by atoms with E-state index in [0.29, 0.717) is 0 Å². The summed E-state index contributed by atoms with van der Waals surface area (Å²) in [5.74, 6) is 0.842. The maximum atomic E-state index is 4.47. The van der Waals surface area contributed by atoms with Gasteiger partial charge < -0.3 is 5.32 Å². The van der Waals surface area contributed by atoms with Crippen LogP contribution in [0.25, 0.3) is 5.52 Å². The predicted octanol–water partition coefficient (Wildman–Crippen LogP) is 3.23. The Morgan fingerprint density at radius 1 is 1.40 bits per heavy atom. The first-order valence-electron chi connectivity index (χ1n) is 6.69. The van der Waals surface area contributed by atoms with Gasteiger partial charge in [-0.15, -0.1) is 11.3 Å². The lowest BCUT2D eigenvalue weighted by Gasteiger charge is -2.12. The van der Waals surface area contributed by atoms with E-state index in [1.807, 2.05) is 29.9 Å². The van der Waals surface area contributed by atoms with E-state index in [2.05, 4.69) is 34.2 Å². The van der Waals surface area contributed by atoms with Crippen LogP contribution in [-0.2, 0) is 6.42 Å². The summed E-state index contributed by atoms with van der Waals surface area (Å²) in [6.07, 6.45) is 6.60. The molecule has 0 aliphatic carbocycles. The van der Waals surface area contributed by atoms with Crippen molar-refractivity contribution in [3.63, 3.8) is 0 Å². The van der Waals surface area contributed by atoms with E-state index in [-0.39, 0.29) is 6.04 Å². The normalized spacial score (nSPS) is 12.8. The van der Waals surface area contributed by atoms with Crippen molar-refractivity contribution >= 4 is 22.7 Å². The molecule has 3 heterocycles. The minimum absolute atomic E-state index is 0.134. The second kappa shape index (κ2) is 5.20. The molecule has 0 saturated carbocycles. The van der Waals surface area contributed by atoms with E-state index < -0.39 is 0 Å². The molecule has 3 aromatic heterocycles. The average molecular weight is 287 g/mol. The number of nitrogens with one attached hydrogen (secondary N) is 1. The number of anilines is 1. The molecule has 5 nitrogen and oxygen atoms in total. The number of aryl methyl sites for hydroxylation is 2. The molecule has 0 saturated heterocycles. The van der Waals surface area contributed by atoms with E-state index in [0.717, 1.165) is 28.5 Å². The second-order valence-electron chi connectivity index (χ2n) is 4.78. The molecule has 1 unspecified atom stereocenters. The van der Waals surface area contributed by atoms with E-state index in [4.69, 9.17) is 0 Å². The van der Waals surface area contributed by atoms with Crippen LogP contribution in [0.2, 0.25) is 0 Å². The Labute approximate surface area is 121 Å². The first-order chi connectivity index (χ1) is 9.67. The predicted molar refractivity (Wildman–Crippen MR) is 81.3 cm³/mol.